The van der Waals surface area contributed by atoms with Crippen molar-refractivity contribution in [1.29, 1.82) is 0 Å². The van der Waals surface area contributed by atoms with Crippen molar-refractivity contribution in [3.8, 4) is 0 Å². The number of esters is 1. The molecule has 1 aromatic rings. The van der Waals surface area contributed by atoms with Crippen LogP contribution in [0.25, 0.3) is 0 Å². The fourth-order valence-electron chi connectivity index (χ4n) is 4.04. The Morgan fingerprint density at radius 2 is 2.11 bits per heavy atom. The Hall–Kier alpha value is -2.05. The molecule has 0 spiro atoms. The van der Waals surface area contributed by atoms with Crippen molar-refractivity contribution >= 4 is 11.9 Å². The van der Waals surface area contributed by atoms with E-state index in [0.717, 1.165) is 37.6 Å². The minimum atomic E-state index is -0.0895. The maximum absolute atomic E-state index is 12.1. The Bertz CT molecular complexity index is 636. The number of likely N-dealkylation sites (tertiary alicyclic amines) is 1. The number of hydrogen-bond donors (Lipinski definition) is 1. The second-order valence-corrected chi connectivity index (χ2v) is 7.43. The third kappa shape index (κ3) is 5.23. The van der Waals surface area contributed by atoms with Gasteiger partial charge in [0, 0.05) is 25.8 Å². The molecule has 0 amide bonds. The Labute approximate surface area is 162 Å². The highest BCUT2D eigenvalue weighted by molar-refractivity contribution is 5.81. The van der Waals surface area contributed by atoms with Crippen LogP contribution in [0, 0.1) is 5.92 Å². The molecule has 7 heteroatoms. The molecular formula is C20H33N5O2. The van der Waals surface area contributed by atoms with Gasteiger partial charge in [0.15, 0.2) is 5.96 Å². The SMILES string of the molecule is CCNC(=NCc1ccn(C2CCCC2)n1)N1CCC[C@@H](C(=O)OCC)C1. The lowest BCUT2D eigenvalue weighted by molar-refractivity contribution is -0.149. The van der Waals surface area contributed by atoms with Gasteiger partial charge in [-0.2, -0.15) is 5.10 Å². The number of ether oxygens (including phenoxy) is 1. The molecule has 2 aliphatic rings. The zero-order valence-electron chi connectivity index (χ0n) is 16.7. The first kappa shape index (κ1) is 19.7. The number of carbonyl (C=O) groups is 1. The molecule has 2 fully saturated rings. The largest absolute Gasteiger partial charge is 0.466 e. The maximum atomic E-state index is 12.1. The standard InChI is InChI=1S/C20H33N5O2/c1-3-21-20(24-12-7-8-16(15-24)19(26)27-4-2)22-14-17-11-13-25(23-17)18-9-5-6-10-18/h11,13,16,18H,3-10,12,14-15H2,1-2H3,(H,21,22)/t16-/m1/s1. The lowest BCUT2D eigenvalue weighted by Gasteiger charge is -2.34. The quantitative estimate of drug-likeness (QED) is 0.470. The molecule has 2 heterocycles. The number of carbonyl (C=O) groups excluding carboxylic acids is 1. The van der Waals surface area contributed by atoms with Crippen LogP contribution in [0.2, 0.25) is 0 Å². The molecule has 1 aliphatic heterocycles. The van der Waals surface area contributed by atoms with Gasteiger partial charge in [-0.1, -0.05) is 12.8 Å². The first-order valence-corrected chi connectivity index (χ1v) is 10.4. The van der Waals surface area contributed by atoms with Gasteiger partial charge in [0.05, 0.1) is 30.8 Å². The molecular weight excluding hydrogens is 342 g/mol. The molecule has 1 aromatic heterocycles. The first-order chi connectivity index (χ1) is 13.2. The monoisotopic (exact) mass is 375 g/mol. The van der Waals surface area contributed by atoms with Crippen molar-refractivity contribution in [3.05, 3.63) is 18.0 Å². The van der Waals surface area contributed by atoms with Crippen LogP contribution in [0.1, 0.15) is 64.1 Å². The number of nitrogens with one attached hydrogen (secondary N) is 1. The highest BCUT2D eigenvalue weighted by atomic mass is 16.5. The Balaban J connectivity index is 1.62. The molecule has 1 N–H and O–H groups in total. The second-order valence-electron chi connectivity index (χ2n) is 7.43. The molecule has 1 atom stereocenters. The van der Waals surface area contributed by atoms with E-state index in [0.29, 0.717) is 25.7 Å². The van der Waals surface area contributed by atoms with Gasteiger partial charge in [-0.25, -0.2) is 4.99 Å². The molecule has 7 nitrogen and oxygen atoms in total. The van der Waals surface area contributed by atoms with Crippen LogP contribution >= 0.6 is 0 Å². The van der Waals surface area contributed by atoms with E-state index >= 15 is 0 Å². The second kappa shape index (κ2) is 9.76. The highest BCUT2D eigenvalue weighted by Crippen LogP contribution is 2.28. The molecule has 0 bridgehead atoms. The first-order valence-electron chi connectivity index (χ1n) is 10.4. The summed E-state index contributed by atoms with van der Waals surface area (Å²) in [5.41, 5.74) is 0.997. The lowest BCUT2D eigenvalue weighted by Crippen LogP contribution is -2.48. The summed E-state index contributed by atoms with van der Waals surface area (Å²) in [6, 6.07) is 2.63. The summed E-state index contributed by atoms with van der Waals surface area (Å²) in [6.45, 7) is 7.30. The molecule has 0 radical (unpaired) electrons. The molecule has 3 rings (SSSR count). The van der Waals surface area contributed by atoms with Crippen LogP contribution < -0.4 is 5.32 Å². The summed E-state index contributed by atoms with van der Waals surface area (Å²) in [5, 5.41) is 8.09. The Morgan fingerprint density at radius 1 is 1.30 bits per heavy atom. The maximum Gasteiger partial charge on any atom is 0.310 e. The third-order valence-corrected chi connectivity index (χ3v) is 5.43. The van der Waals surface area contributed by atoms with Crippen LogP contribution in [-0.2, 0) is 16.1 Å². The van der Waals surface area contributed by atoms with E-state index in [1.165, 1.54) is 25.7 Å². The van der Waals surface area contributed by atoms with Crippen LogP contribution in [0.4, 0.5) is 0 Å². The average Bonchev–Trinajstić information content (AvgIpc) is 3.37. The minimum absolute atomic E-state index is 0.0656. The summed E-state index contributed by atoms with van der Waals surface area (Å²) in [5.74, 6) is 0.708. The molecule has 150 valence electrons. The van der Waals surface area contributed by atoms with Crippen molar-refractivity contribution in [3.63, 3.8) is 0 Å². The summed E-state index contributed by atoms with van der Waals surface area (Å²) in [4.78, 5) is 19.1. The minimum Gasteiger partial charge on any atom is -0.466 e. The van der Waals surface area contributed by atoms with E-state index in [2.05, 4.69) is 34.1 Å². The number of nitrogens with zero attached hydrogens (tertiary/aromatic N) is 4. The predicted molar refractivity (Wildman–Crippen MR) is 105 cm³/mol. The normalized spacial score (nSPS) is 21.5. The zero-order chi connectivity index (χ0) is 19.1. The Morgan fingerprint density at radius 3 is 2.85 bits per heavy atom. The van der Waals surface area contributed by atoms with E-state index in [1.807, 2.05) is 6.92 Å². The van der Waals surface area contributed by atoms with Gasteiger partial charge in [0.1, 0.15) is 0 Å². The zero-order valence-corrected chi connectivity index (χ0v) is 16.7. The fraction of sp³-hybridized carbons (Fsp3) is 0.750. The smallest absolute Gasteiger partial charge is 0.310 e. The van der Waals surface area contributed by atoms with Crippen LogP contribution in [0.15, 0.2) is 17.3 Å². The van der Waals surface area contributed by atoms with E-state index in [-0.39, 0.29) is 11.9 Å². The van der Waals surface area contributed by atoms with Gasteiger partial charge in [-0.15, -0.1) is 0 Å². The Kier molecular flexibility index (Phi) is 7.12. The fourth-order valence-corrected chi connectivity index (χ4v) is 4.04. The predicted octanol–water partition coefficient (Wildman–Crippen LogP) is 2.74. The number of rotatable bonds is 6. The van der Waals surface area contributed by atoms with E-state index in [1.54, 1.807) is 0 Å². The van der Waals surface area contributed by atoms with Crippen LogP contribution in [-0.4, -0.2) is 52.9 Å². The van der Waals surface area contributed by atoms with Crippen molar-refractivity contribution in [2.24, 2.45) is 10.9 Å². The van der Waals surface area contributed by atoms with Crippen LogP contribution in [0.5, 0.6) is 0 Å². The highest BCUT2D eigenvalue weighted by Gasteiger charge is 2.28. The molecule has 1 aliphatic carbocycles. The van der Waals surface area contributed by atoms with E-state index < -0.39 is 0 Å². The summed E-state index contributed by atoms with van der Waals surface area (Å²) >= 11 is 0. The number of piperidine rings is 1. The number of aliphatic imine (C=N–C) groups is 1. The summed E-state index contributed by atoms with van der Waals surface area (Å²) < 4.78 is 7.33. The third-order valence-electron chi connectivity index (χ3n) is 5.43. The summed E-state index contributed by atoms with van der Waals surface area (Å²) in [7, 11) is 0. The molecule has 0 aromatic carbocycles. The van der Waals surface area contributed by atoms with Crippen LogP contribution in [0.3, 0.4) is 0 Å². The van der Waals surface area contributed by atoms with Gasteiger partial charge in [0.25, 0.3) is 0 Å². The topological polar surface area (TPSA) is 71.8 Å². The van der Waals surface area contributed by atoms with Gasteiger partial charge < -0.3 is 15.0 Å². The van der Waals surface area contributed by atoms with Gasteiger partial charge in [0.2, 0.25) is 0 Å². The average molecular weight is 376 g/mol. The number of guanidine groups is 1. The molecule has 1 saturated heterocycles. The van der Waals surface area contributed by atoms with Gasteiger partial charge in [-0.3, -0.25) is 9.48 Å². The van der Waals surface area contributed by atoms with Gasteiger partial charge >= 0.3 is 5.97 Å². The lowest BCUT2D eigenvalue weighted by atomic mass is 9.98. The molecule has 27 heavy (non-hydrogen) atoms. The van der Waals surface area contributed by atoms with Gasteiger partial charge in [-0.05, 0) is 45.6 Å². The number of hydrogen-bond acceptors (Lipinski definition) is 4. The number of aromatic nitrogens is 2. The van der Waals surface area contributed by atoms with E-state index in [4.69, 9.17) is 14.8 Å². The van der Waals surface area contributed by atoms with E-state index in [9.17, 15) is 4.79 Å². The van der Waals surface area contributed by atoms with Crippen molar-refractivity contribution in [2.75, 3.05) is 26.2 Å². The summed E-state index contributed by atoms with van der Waals surface area (Å²) in [6.07, 6.45) is 9.03. The molecule has 0 unspecified atom stereocenters. The van der Waals surface area contributed by atoms with Crippen molar-refractivity contribution in [1.82, 2.24) is 20.0 Å². The molecule has 1 saturated carbocycles. The van der Waals surface area contributed by atoms with Crippen molar-refractivity contribution in [2.45, 2.75) is 65.0 Å². The van der Waals surface area contributed by atoms with Crippen molar-refractivity contribution < 1.29 is 9.53 Å².